The van der Waals surface area contributed by atoms with E-state index in [1.807, 2.05) is 60.8 Å². The highest BCUT2D eigenvalue weighted by atomic mass is 35.5. The van der Waals surface area contributed by atoms with Crippen molar-refractivity contribution in [1.29, 1.82) is 5.26 Å². The maximum Gasteiger partial charge on any atom is 0.348 e. The van der Waals surface area contributed by atoms with Gasteiger partial charge in [-0.3, -0.25) is 4.79 Å². The average Bonchev–Trinajstić information content (AvgIpc) is 3.45. The molecular formula is C31H27ClN2O5S. The Kier molecular flexibility index (Phi) is 9.20. The number of aromatic nitrogens is 1. The Morgan fingerprint density at radius 2 is 1.70 bits per heavy atom. The van der Waals surface area contributed by atoms with Crippen LogP contribution < -0.4 is 0 Å². The Morgan fingerprint density at radius 3 is 2.38 bits per heavy atom. The SMILES string of the molecule is CCOC(=O)c1sc(CC(=O)/C(C#N)=C/c2cn(Cc3ccc(Cl)cc3)c3ccccc23)c(C(=O)OCC)c1C. The van der Waals surface area contributed by atoms with Gasteiger partial charge in [-0.1, -0.05) is 41.9 Å². The number of Topliss-reactive ketones (excluding diaryl/α,β-unsaturated/α-hetero) is 1. The number of thiophene rings is 1. The van der Waals surface area contributed by atoms with Gasteiger partial charge in [0.05, 0.1) is 24.4 Å². The molecule has 40 heavy (non-hydrogen) atoms. The van der Waals surface area contributed by atoms with Crippen LogP contribution in [0.15, 0.2) is 60.3 Å². The van der Waals surface area contributed by atoms with Crippen LogP contribution in [0.1, 0.15) is 55.4 Å². The third kappa shape index (κ3) is 6.17. The number of ether oxygens (including phenoxy) is 2. The number of rotatable bonds is 10. The van der Waals surface area contributed by atoms with Crippen molar-refractivity contribution in [3.05, 3.63) is 97.3 Å². The molecule has 204 valence electrons. The van der Waals surface area contributed by atoms with Crippen LogP contribution in [0, 0.1) is 18.3 Å². The maximum absolute atomic E-state index is 13.4. The number of para-hydroxylation sites is 1. The van der Waals surface area contributed by atoms with E-state index in [1.165, 1.54) is 0 Å². The van der Waals surface area contributed by atoms with Crippen molar-refractivity contribution in [2.75, 3.05) is 13.2 Å². The largest absolute Gasteiger partial charge is 0.462 e. The summed E-state index contributed by atoms with van der Waals surface area (Å²) in [5.41, 5.74) is 3.22. The topological polar surface area (TPSA) is 98.4 Å². The first-order valence-electron chi connectivity index (χ1n) is 12.7. The Morgan fingerprint density at radius 1 is 1.02 bits per heavy atom. The van der Waals surface area contributed by atoms with Gasteiger partial charge in [0.2, 0.25) is 0 Å². The van der Waals surface area contributed by atoms with Crippen LogP contribution in [-0.4, -0.2) is 35.5 Å². The molecule has 2 heterocycles. The molecule has 0 saturated heterocycles. The monoisotopic (exact) mass is 574 g/mol. The van der Waals surface area contributed by atoms with Gasteiger partial charge in [0.1, 0.15) is 10.9 Å². The fourth-order valence-corrected chi connectivity index (χ4v) is 5.75. The summed E-state index contributed by atoms with van der Waals surface area (Å²) in [4.78, 5) is 39.2. The number of hydrogen-bond acceptors (Lipinski definition) is 7. The molecule has 2 aromatic carbocycles. The molecule has 0 amide bonds. The molecule has 0 aliphatic rings. The van der Waals surface area contributed by atoms with Crippen molar-refractivity contribution in [3.8, 4) is 6.07 Å². The summed E-state index contributed by atoms with van der Waals surface area (Å²) in [7, 11) is 0. The molecule has 0 bridgehead atoms. The molecule has 0 N–H and O–H groups in total. The first-order chi connectivity index (χ1) is 19.3. The van der Waals surface area contributed by atoms with Gasteiger partial charge in [-0.25, -0.2) is 9.59 Å². The van der Waals surface area contributed by atoms with E-state index in [-0.39, 0.29) is 35.6 Å². The summed E-state index contributed by atoms with van der Waals surface area (Å²) in [6, 6.07) is 17.3. The number of hydrogen-bond donors (Lipinski definition) is 0. The zero-order valence-electron chi connectivity index (χ0n) is 22.3. The molecule has 0 aliphatic heterocycles. The Balaban J connectivity index is 1.69. The van der Waals surface area contributed by atoms with Crippen LogP contribution in [0.4, 0.5) is 0 Å². The minimum Gasteiger partial charge on any atom is -0.462 e. The number of benzene rings is 2. The first-order valence-corrected chi connectivity index (χ1v) is 13.9. The van der Waals surface area contributed by atoms with Crippen molar-refractivity contribution in [2.24, 2.45) is 0 Å². The molecular weight excluding hydrogens is 548 g/mol. The number of halogens is 1. The quantitative estimate of drug-likeness (QED) is 0.117. The van der Waals surface area contributed by atoms with Gasteiger partial charge in [-0.05, 0) is 56.2 Å². The van der Waals surface area contributed by atoms with E-state index in [0.717, 1.165) is 33.4 Å². The van der Waals surface area contributed by atoms with E-state index in [2.05, 4.69) is 4.57 Å². The number of esters is 2. The second-order valence-corrected chi connectivity index (χ2v) is 10.5. The van der Waals surface area contributed by atoms with Crippen LogP contribution in [0.3, 0.4) is 0 Å². The molecule has 0 spiro atoms. The smallest absolute Gasteiger partial charge is 0.348 e. The van der Waals surface area contributed by atoms with Crippen molar-refractivity contribution in [2.45, 2.75) is 33.7 Å². The van der Waals surface area contributed by atoms with Gasteiger partial charge >= 0.3 is 11.9 Å². The lowest BCUT2D eigenvalue weighted by atomic mass is 10.0. The van der Waals surface area contributed by atoms with Crippen molar-refractivity contribution in [3.63, 3.8) is 0 Å². The lowest BCUT2D eigenvalue weighted by Gasteiger charge is -2.05. The van der Waals surface area contributed by atoms with E-state index < -0.39 is 17.7 Å². The van der Waals surface area contributed by atoms with Gasteiger partial charge in [-0.2, -0.15) is 5.26 Å². The minimum atomic E-state index is -0.623. The Labute approximate surface area is 241 Å². The first kappa shape index (κ1) is 28.8. The van der Waals surface area contributed by atoms with E-state index in [9.17, 15) is 19.6 Å². The van der Waals surface area contributed by atoms with E-state index in [0.29, 0.717) is 22.0 Å². The molecule has 0 aliphatic carbocycles. The number of fused-ring (bicyclic) bond motifs is 1. The van der Waals surface area contributed by atoms with E-state index in [4.69, 9.17) is 21.1 Å². The van der Waals surface area contributed by atoms with Gasteiger partial charge in [-0.15, -0.1) is 11.3 Å². The third-order valence-electron chi connectivity index (χ3n) is 6.29. The lowest BCUT2D eigenvalue weighted by Crippen LogP contribution is -2.12. The lowest BCUT2D eigenvalue weighted by molar-refractivity contribution is -0.114. The summed E-state index contributed by atoms with van der Waals surface area (Å²) in [6.07, 6.45) is 3.24. The zero-order chi connectivity index (χ0) is 28.8. The highest BCUT2D eigenvalue weighted by Crippen LogP contribution is 2.31. The van der Waals surface area contributed by atoms with Crippen molar-refractivity contribution < 1.29 is 23.9 Å². The standard InChI is InChI=1S/C31H27ClN2O5S/c1-4-38-30(36)28-19(3)29(31(37)39-5-2)40-27(28)15-26(35)21(16-33)14-22-18-34(25-9-7-6-8-24(22)25)17-20-10-12-23(32)13-11-20/h6-14,18H,4-5,15,17H2,1-3H3/b21-14+. The van der Waals surface area contributed by atoms with E-state index >= 15 is 0 Å². The summed E-state index contributed by atoms with van der Waals surface area (Å²) < 4.78 is 12.4. The van der Waals surface area contributed by atoms with Gasteiger partial charge in [0.25, 0.3) is 0 Å². The molecule has 9 heteroatoms. The predicted octanol–water partition coefficient (Wildman–Crippen LogP) is 6.79. The minimum absolute atomic E-state index is 0.0621. The number of ketones is 1. The van der Waals surface area contributed by atoms with Crippen LogP contribution in [0.2, 0.25) is 5.02 Å². The molecule has 0 atom stereocenters. The highest BCUT2D eigenvalue weighted by Gasteiger charge is 2.28. The molecule has 4 rings (SSSR count). The van der Waals surface area contributed by atoms with Crippen molar-refractivity contribution >= 4 is 57.6 Å². The Bertz CT molecular complexity index is 1660. The van der Waals surface area contributed by atoms with E-state index in [1.54, 1.807) is 26.8 Å². The molecule has 7 nitrogen and oxygen atoms in total. The summed E-state index contributed by atoms with van der Waals surface area (Å²) in [5, 5.41) is 11.5. The fraction of sp³-hybridized carbons (Fsp3) is 0.226. The molecule has 0 saturated carbocycles. The number of nitrogens with zero attached hydrogens (tertiary/aromatic N) is 2. The molecule has 0 fully saturated rings. The van der Waals surface area contributed by atoms with Crippen LogP contribution in [0.25, 0.3) is 17.0 Å². The highest BCUT2D eigenvalue weighted by molar-refractivity contribution is 7.14. The summed E-state index contributed by atoms with van der Waals surface area (Å²) >= 11 is 7.05. The van der Waals surface area contributed by atoms with Crippen LogP contribution >= 0.6 is 22.9 Å². The van der Waals surface area contributed by atoms with Gasteiger partial charge < -0.3 is 14.0 Å². The normalized spacial score (nSPS) is 11.3. The maximum atomic E-state index is 13.4. The second-order valence-electron chi connectivity index (χ2n) is 8.92. The molecule has 2 aromatic heterocycles. The van der Waals surface area contributed by atoms with Gasteiger partial charge in [0, 0.05) is 45.5 Å². The average molecular weight is 575 g/mol. The summed E-state index contributed by atoms with van der Waals surface area (Å²) in [5.74, 6) is -1.67. The predicted molar refractivity (Wildman–Crippen MR) is 156 cm³/mol. The van der Waals surface area contributed by atoms with Crippen LogP contribution in [0.5, 0.6) is 0 Å². The second kappa shape index (κ2) is 12.8. The Hall–Kier alpha value is -4.19. The number of allylic oxidation sites excluding steroid dienone is 1. The fourth-order valence-electron chi connectivity index (χ4n) is 4.44. The van der Waals surface area contributed by atoms with Gasteiger partial charge in [0.15, 0.2) is 5.78 Å². The zero-order valence-corrected chi connectivity index (χ0v) is 23.9. The number of carbonyl (C=O) groups excluding carboxylic acids is 3. The third-order valence-corrected chi connectivity index (χ3v) is 7.81. The number of carbonyl (C=O) groups is 3. The van der Waals surface area contributed by atoms with Crippen LogP contribution in [-0.2, 0) is 27.2 Å². The van der Waals surface area contributed by atoms with Crippen molar-refractivity contribution in [1.82, 2.24) is 4.57 Å². The molecule has 4 aromatic rings. The molecule has 0 radical (unpaired) electrons. The molecule has 0 unspecified atom stereocenters. The number of nitriles is 1. The summed E-state index contributed by atoms with van der Waals surface area (Å²) in [6.45, 7) is 5.88.